The molecule has 2 fully saturated rings. The molecule has 176 valence electrons. The number of carbonyl (C=O) groups is 2. The Kier molecular flexibility index (Phi) is 7.35. The van der Waals surface area contributed by atoms with Crippen LogP contribution >= 0.6 is 27.3 Å². The Morgan fingerprint density at radius 3 is 2.70 bits per heavy atom. The van der Waals surface area contributed by atoms with E-state index in [4.69, 9.17) is 9.57 Å². The van der Waals surface area contributed by atoms with E-state index < -0.39 is 5.54 Å². The standard InChI is InChI=1S/C23H27BrN4O4S/c1-15-14-16(4-5-17(15)28-11-13-32-12-8-20(28)27-31-2)25-22(30)23(9-3-10-23)26-21(29)18-6-7-19(24)33-18/h4-7,14H,3,8-13H2,1-2H3,(H,25,30)(H,26,29). The molecule has 0 unspecified atom stereocenters. The van der Waals surface area contributed by atoms with Crippen molar-refractivity contribution in [2.24, 2.45) is 5.16 Å². The van der Waals surface area contributed by atoms with Gasteiger partial charge in [-0.15, -0.1) is 11.3 Å². The summed E-state index contributed by atoms with van der Waals surface area (Å²) in [5.41, 5.74) is 1.80. The van der Waals surface area contributed by atoms with Crippen molar-refractivity contribution in [3.8, 4) is 0 Å². The van der Waals surface area contributed by atoms with Crippen molar-refractivity contribution in [2.45, 2.75) is 38.1 Å². The quantitative estimate of drug-likeness (QED) is 0.539. The van der Waals surface area contributed by atoms with Crippen molar-refractivity contribution in [3.63, 3.8) is 0 Å². The summed E-state index contributed by atoms with van der Waals surface area (Å²) in [6.45, 7) is 3.87. The highest BCUT2D eigenvalue weighted by Crippen LogP contribution is 2.35. The van der Waals surface area contributed by atoms with Gasteiger partial charge < -0.3 is 25.1 Å². The van der Waals surface area contributed by atoms with Crippen LogP contribution in [0.1, 0.15) is 40.9 Å². The maximum absolute atomic E-state index is 13.2. The van der Waals surface area contributed by atoms with Crippen LogP contribution in [0, 0.1) is 6.92 Å². The largest absolute Gasteiger partial charge is 0.398 e. The number of ether oxygens (including phenoxy) is 1. The molecule has 1 saturated carbocycles. The van der Waals surface area contributed by atoms with Gasteiger partial charge in [0.2, 0.25) is 5.91 Å². The Hall–Kier alpha value is -2.43. The van der Waals surface area contributed by atoms with Gasteiger partial charge in [0.15, 0.2) is 5.84 Å². The first-order chi connectivity index (χ1) is 15.9. The summed E-state index contributed by atoms with van der Waals surface area (Å²) < 4.78 is 6.47. The summed E-state index contributed by atoms with van der Waals surface area (Å²) in [4.78, 5) is 33.5. The van der Waals surface area contributed by atoms with Gasteiger partial charge in [-0.3, -0.25) is 9.59 Å². The molecular formula is C23H27BrN4O4S. The zero-order valence-corrected chi connectivity index (χ0v) is 21.1. The van der Waals surface area contributed by atoms with Crippen LogP contribution in [0.5, 0.6) is 0 Å². The van der Waals surface area contributed by atoms with Crippen LogP contribution < -0.4 is 15.5 Å². The van der Waals surface area contributed by atoms with Gasteiger partial charge in [-0.25, -0.2) is 0 Å². The first kappa shape index (κ1) is 23.7. The summed E-state index contributed by atoms with van der Waals surface area (Å²) in [5.74, 6) is 0.404. The number of oxime groups is 1. The average Bonchev–Trinajstić information content (AvgIpc) is 3.07. The molecule has 2 aliphatic rings. The van der Waals surface area contributed by atoms with Crippen molar-refractivity contribution in [2.75, 3.05) is 37.1 Å². The maximum Gasteiger partial charge on any atom is 0.262 e. The summed E-state index contributed by atoms with van der Waals surface area (Å²) >= 11 is 4.73. The number of aryl methyl sites for hydroxylation is 1. The Balaban J connectivity index is 1.48. The van der Waals surface area contributed by atoms with Gasteiger partial charge in [-0.1, -0.05) is 5.16 Å². The number of benzene rings is 1. The van der Waals surface area contributed by atoms with Crippen molar-refractivity contribution < 1.29 is 19.2 Å². The third-order valence-electron chi connectivity index (χ3n) is 5.97. The first-order valence-electron chi connectivity index (χ1n) is 10.9. The predicted molar refractivity (Wildman–Crippen MR) is 133 cm³/mol. The molecule has 2 N–H and O–H groups in total. The average molecular weight is 535 g/mol. The smallest absolute Gasteiger partial charge is 0.262 e. The minimum Gasteiger partial charge on any atom is -0.398 e. The van der Waals surface area contributed by atoms with Gasteiger partial charge in [-0.05, 0) is 78.0 Å². The number of hydrogen-bond donors (Lipinski definition) is 2. The Morgan fingerprint density at radius 2 is 2.06 bits per heavy atom. The number of halogens is 1. The summed E-state index contributed by atoms with van der Waals surface area (Å²) in [6, 6.07) is 9.37. The normalized spacial score (nSPS) is 18.9. The van der Waals surface area contributed by atoms with E-state index in [2.05, 4.69) is 36.6 Å². The number of thiophene rings is 1. The lowest BCUT2D eigenvalue weighted by molar-refractivity contribution is -0.125. The van der Waals surface area contributed by atoms with Crippen LogP contribution in [0.15, 0.2) is 39.3 Å². The van der Waals surface area contributed by atoms with E-state index in [1.807, 2.05) is 31.2 Å². The fourth-order valence-corrected chi connectivity index (χ4v) is 5.37. The van der Waals surface area contributed by atoms with E-state index in [1.165, 1.54) is 18.4 Å². The molecule has 1 aromatic heterocycles. The zero-order chi connectivity index (χ0) is 23.4. The minimum atomic E-state index is -0.874. The number of amides is 2. The maximum atomic E-state index is 13.2. The van der Waals surface area contributed by atoms with Crippen LogP contribution in [-0.2, 0) is 14.4 Å². The number of hydrogen-bond acceptors (Lipinski definition) is 6. The van der Waals surface area contributed by atoms with E-state index in [0.717, 1.165) is 27.3 Å². The summed E-state index contributed by atoms with van der Waals surface area (Å²) in [5, 5.41) is 10.1. The second-order valence-electron chi connectivity index (χ2n) is 8.15. The third kappa shape index (κ3) is 5.23. The lowest BCUT2D eigenvalue weighted by Crippen LogP contribution is -2.61. The van der Waals surface area contributed by atoms with Crippen LogP contribution in [0.25, 0.3) is 0 Å². The first-order valence-corrected chi connectivity index (χ1v) is 12.5. The molecule has 2 heterocycles. The Morgan fingerprint density at radius 1 is 1.24 bits per heavy atom. The molecular weight excluding hydrogens is 508 g/mol. The number of anilines is 2. The van der Waals surface area contributed by atoms with Gasteiger partial charge >= 0.3 is 0 Å². The molecule has 4 rings (SSSR count). The molecule has 2 aromatic rings. The Labute approximate surface area is 205 Å². The second kappa shape index (κ2) is 10.2. The van der Waals surface area contributed by atoms with Gasteiger partial charge in [0.1, 0.15) is 12.6 Å². The Bertz CT molecular complexity index is 1070. The lowest BCUT2D eigenvalue weighted by Gasteiger charge is -2.40. The topological polar surface area (TPSA) is 92.3 Å². The van der Waals surface area contributed by atoms with Gasteiger partial charge in [0.25, 0.3) is 5.91 Å². The van der Waals surface area contributed by atoms with E-state index in [9.17, 15) is 9.59 Å². The van der Waals surface area contributed by atoms with Crippen LogP contribution in [0.4, 0.5) is 11.4 Å². The van der Waals surface area contributed by atoms with E-state index >= 15 is 0 Å². The predicted octanol–water partition coefficient (Wildman–Crippen LogP) is 4.30. The molecule has 1 aliphatic heterocycles. The number of carbonyl (C=O) groups excluding carboxylic acids is 2. The summed E-state index contributed by atoms with van der Waals surface area (Å²) in [7, 11) is 1.54. The fourth-order valence-electron chi connectivity index (χ4n) is 4.09. The van der Waals surface area contributed by atoms with Crippen LogP contribution in [0.2, 0.25) is 0 Å². The minimum absolute atomic E-state index is 0.185. The van der Waals surface area contributed by atoms with E-state index in [1.54, 1.807) is 6.07 Å². The zero-order valence-electron chi connectivity index (χ0n) is 18.7. The molecule has 0 bridgehead atoms. The second-order valence-corrected chi connectivity index (χ2v) is 10.6. The molecule has 1 aromatic carbocycles. The molecule has 8 nitrogen and oxygen atoms in total. The number of nitrogens with one attached hydrogen (secondary N) is 2. The number of amidine groups is 1. The van der Waals surface area contributed by atoms with Crippen molar-refractivity contribution in [1.29, 1.82) is 0 Å². The molecule has 33 heavy (non-hydrogen) atoms. The highest BCUT2D eigenvalue weighted by Gasteiger charge is 2.45. The molecule has 2 amide bonds. The number of rotatable bonds is 6. The number of nitrogens with zero attached hydrogens (tertiary/aromatic N) is 2. The monoisotopic (exact) mass is 534 g/mol. The van der Waals surface area contributed by atoms with Crippen molar-refractivity contribution in [3.05, 3.63) is 44.6 Å². The van der Waals surface area contributed by atoms with Gasteiger partial charge in [-0.2, -0.15) is 0 Å². The molecule has 0 atom stereocenters. The van der Waals surface area contributed by atoms with E-state index in [0.29, 0.717) is 49.6 Å². The summed E-state index contributed by atoms with van der Waals surface area (Å²) in [6.07, 6.45) is 2.81. The fraction of sp³-hybridized carbons (Fsp3) is 0.435. The molecule has 0 radical (unpaired) electrons. The molecule has 1 saturated heterocycles. The lowest BCUT2D eigenvalue weighted by atomic mass is 9.75. The van der Waals surface area contributed by atoms with Crippen LogP contribution in [-0.4, -0.2) is 50.1 Å². The van der Waals surface area contributed by atoms with Crippen molar-refractivity contribution in [1.82, 2.24) is 5.32 Å². The highest BCUT2D eigenvalue weighted by atomic mass is 79.9. The van der Waals surface area contributed by atoms with Crippen LogP contribution in [0.3, 0.4) is 0 Å². The van der Waals surface area contributed by atoms with Gasteiger partial charge in [0.05, 0.1) is 21.9 Å². The van der Waals surface area contributed by atoms with Gasteiger partial charge in [0, 0.05) is 24.3 Å². The molecule has 1 aliphatic carbocycles. The third-order valence-corrected chi connectivity index (χ3v) is 7.60. The van der Waals surface area contributed by atoms with E-state index in [-0.39, 0.29) is 11.8 Å². The van der Waals surface area contributed by atoms with Crippen molar-refractivity contribution >= 4 is 56.3 Å². The molecule has 10 heteroatoms. The molecule has 0 spiro atoms. The highest BCUT2D eigenvalue weighted by molar-refractivity contribution is 9.11. The SMILES string of the molecule is CON=C1CCOCCN1c1ccc(NC(=O)C2(NC(=O)c3ccc(Br)s3)CCC2)cc1C.